The molecule has 0 bridgehead atoms. The predicted octanol–water partition coefficient (Wildman–Crippen LogP) is 2.85. The van der Waals surface area contributed by atoms with E-state index in [0.717, 1.165) is 0 Å². The van der Waals surface area contributed by atoms with E-state index in [0.29, 0.717) is 28.5 Å². The van der Waals surface area contributed by atoms with Gasteiger partial charge in [-0.3, -0.25) is 19.3 Å². The number of nitrogens with one attached hydrogen (secondary N) is 1. The van der Waals surface area contributed by atoms with Gasteiger partial charge in [-0.15, -0.1) is 0 Å². The number of carbonyl (C=O) groups excluding carboxylic acids is 3. The van der Waals surface area contributed by atoms with Crippen molar-refractivity contribution in [2.45, 2.75) is 32.4 Å². The number of phenolic OH excluding ortho intramolecular Hbond substituents is 1. The Hall–Kier alpha value is -4.32. The van der Waals surface area contributed by atoms with Crippen molar-refractivity contribution in [2.75, 3.05) is 24.9 Å². The van der Waals surface area contributed by atoms with Gasteiger partial charge in [0.15, 0.2) is 17.2 Å². The molecule has 3 aromatic rings. The largest absolute Gasteiger partial charge is 0.504 e. The second-order valence-corrected chi connectivity index (χ2v) is 9.86. The van der Waals surface area contributed by atoms with Crippen molar-refractivity contribution < 1.29 is 29.0 Å². The summed E-state index contributed by atoms with van der Waals surface area (Å²) in [7, 11) is 2.88. The number of phenols is 1. The Balaban J connectivity index is 2.27. The fourth-order valence-electron chi connectivity index (χ4n) is 3.58. The molecule has 0 saturated carbocycles. The number of nitrogen functional groups attached to an aromatic ring is 1. The molecular formula is C25H29N5O6S. The molecule has 0 aliphatic carbocycles. The lowest BCUT2D eigenvalue weighted by Gasteiger charge is -2.33. The van der Waals surface area contributed by atoms with E-state index in [9.17, 15) is 19.5 Å². The zero-order chi connectivity index (χ0) is 27.5. The lowest BCUT2D eigenvalue weighted by Crippen LogP contribution is -2.49. The van der Waals surface area contributed by atoms with E-state index >= 15 is 0 Å². The molecule has 3 amide bonds. The number of methoxy groups -OCH3 is 2. The summed E-state index contributed by atoms with van der Waals surface area (Å²) in [5.41, 5.74) is 11.0. The van der Waals surface area contributed by atoms with Crippen LogP contribution in [0.1, 0.15) is 52.5 Å². The Bertz CT molecular complexity index is 1320. The molecule has 1 heterocycles. The number of rotatable bonds is 8. The molecule has 0 aliphatic rings. The van der Waals surface area contributed by atoms with Crippen molar-refractivity contribution in [2.24, 2.45) is 5.73 Å². The number of nitrogens with zero attached hydrogens (tertiary/aromatic N) is 2. The molecule has 6 N–H and O–H groups in total. The highest BCUT2D eigenvalue weighted by Gasteiger charge is 2.37. The molecule has 0 radical (unpaired) electrons. The van der Waals surface area contributed by atoms with Crippen LogP contribution in [0.2, 0.25) is 0 Å². The molecular weight excluding hydrogens is 498 g/mol. The first-order valence-corrected chi connectivity index (χ1v) is 11.9. The minimum atomic E-state index is -1.24. The zero-order valence-corrected chi connectivity index (χ0v) is 21.9. The molecule has 1 unspecified atom stereocenters. The maximum Gasteiger partial charge on any atom is 0.273 e. The van der Waals surface area contributed by atoms with E-state index < -0.39 is 29.3 Å². The number of primary amides is 1. The summed E-state index contributed by atoms with van der Waals surface area (Å²) in [5.74, 6) is -1.57. The smallest absolute Gasteiger partial charge is 0.273 e. The molecule has 0 saturated heterocycles. The maximum absolute atomic E-state index is 14.0. The number of hydrogen-bond donors (Lipinski definition) is 4. The molecule has 37 heavy (non-hydrogen) atoms. The number of anilines is 2. The number of aromatic nitrogens is 1. The van der Waals surface area contributed by atoms with Crippen molar-refractivity contribution in [3.8, 4) is 17.2 Å². The minimum Gasteiger partial charge on any atom is -0.504 e. The molecule has 11 nitrogen and oxygen atoms in total. The first-order valence-electron chi connectivity index (χ1n) is 11.1. The van der Waals surface area contributed by atoms with Gasteiger partial charge in [-0.2, -0.15) is 4.37 Å². The molecule has 0 aliphatic heterocycles. The maximum atomic E-state index is 14.0. The predicted molar refractivity (Wildman–Crippen MR) is 140 cm³/mol. The fraction of sp³-hybridized carbons (Fsp3) is 0.280. The van der Waals surface area contributed by atoms with Crippen molar-refractivity contribution in [3.63, 3.8) is 0 Å². The van der Waals surface area contributed by atoms with E-state index in [1.165, 1.54) is 37.3 Å². The molecule has 1 aromatic heterocycles. The second-order valence-electron chi connectivity index (χ2n) is 9.08. The Morgan fingerprint density at radius 1 is 1.08 bits per heavy atom. The zero-order valence-electron chi connectivity index (χ0n) is 21.1. The van der Waals surface area contributed by atoms with Crippen molar-refractivity contribution in [1.82, 2.24) is 9.69 Å². The van der Waals surface area contributed by atoms with Crippen LogP contribution in [-0.2, 0) is 4.79 Å². The van der Waals surface area contributed by atoms with Crippen molar-refractivity contribution >= 4 is 40.6 Å². The van der Waals surface area contributed by atoms with Gasteiger partial charge in [-0.25, -0.2) is 0 Å². The van der Waals surface area contributed by atoms with Crippen LogP contribution in [0, 0.1) is 0 Å². The first-order chi connectivity index (χ1) is 17.4. The van der Waals surface area contributed by atoms with Crippen LogP contribution in [0.5, 0.6) is 17.2 Å². The Morgan fingerprint density at radius 2 is 1.73 bits per heavy atom. The van der Waals surface area contributed by atoms with Crippen LogP contribution in [0.15, 0.2) is 42.5 Å². The summed E-state index contributed by atoms with van der Waals surface area (Å²) in [5, 5.41) is 13.1. The van der Waals surface area contributed by atoms with E-state index in [-0.39, 0.29) is 27.8 Å². The molecule has 196 valence electrons. The van der Waals surface area contributed by atoms with Crippen molar-refractivity contribution in [3.05, 3.63) is 58.6 Å². The number of aromatic hydroxyl groups is 1. The van der Waals surface area contributed by atoms with Gasteiger partial charge in [0.2, 0.25) is 5.91 Å². The molecule has 2 aromatic carbocycles. The standard InChI is InChI=1S/C25H29N5O6S/c1-25(2,3)28-23(33)20(13-6-11-16(31)17(12-13)36-5)30(14-7-9-15(35-4)10-8-14)24(34)21-18(26)19(22(27)32)29-37-21/h6-12,20,31H,26H2,1-5H3,(H2,27,32)(H,28,33). The van der Waals surface area contributed by atoms with Crippen molar-refractivity contribution in [1.29, 1.82) is 0 Å². The van der Waals surface area contributed by atoms with Gasteiger partial charge in [-0.1, -0.05) is 6.07 Å². The summed E-state index contributed by atoms with van der Waals surface area (Å²) in [6.07, 6.45) is 0. The Kier molecular flexibility index (Phi) is 7.92. The molecule has 1 atom stereocenters. The number of nitrogens with two attached hydrogens (primary N) is 2. The topological polar surface area (TPSA) is 170 Å². The number of hydrogen-bond acceptors (Lipinski definition) is 9. The summed E-state index contributed by atoms with van der Waals surface area (Å²) in [4.78, 5) is 40.7. The lowest BCUT2D eigenvalue weighted by molar-refractivity contribution is -0.123. The average Bonchev–Trinajstić information content (AvgIpc) is 3.23. The van der Waals surface area contributed by atoms with Gasteiger partial charge in [-0.05, 0) is 74.3 Å². The fourth-order valence-corrected chi connectivity index (χ4v) is 4.33. The van der Waals surface area contributed by atoms with E-state index in [4.69, 9.17) is 20.9 Å². The highest BCUT2D eigenvalue weighted by molar-refractivity contribution is 7.09. The van der Waals surface area contributed by atoms with Gasteiger partial charge >= 0.3 is 0 Å². The van der Waals surface area contributed by atoms with Gasteiger partial charge in [0.25, 0.3) is 11.8 Å². The molecule has 12 heteroatoms. The summed E-state index contributed by atoms with van der Waals surface area (Å²) >= 11 is 0.703. The van der Waals surface area contributed by atoms with Crippen LogP contribution in [-0.4, -0.2) is 47.0 Å². The Morgan fingerprint density at radius 3 is 2.24 bits per heavy atom. The minimum absolute atomic E-state index is 0.0658. The average molecular weight is 528 g/mol. The Labute approximate surface area is 218 Å². The number of benzene rings is 2. The SMILES string of the molecule is COc1ccc(N(C(=O)c2snc(C(N)=O)c2N)C(C(=O)NC(C)(C)C)c2ccc(O)c(OC)c2)cc1. The molecule has 0 spiro atoms. The van der Waals surface area contributed by atoms with Crippen LogP contribution >= 0.6 is 11.5 Å². The summed E-state index contributed by atoms with van der Waals surface area (Å²) in [6.45, 7) is 5.41. The quantitative estimate of drug-likeness (QED) is 0.346. The summed E-state index contributed by atoms with van der Waals surface area (Å²) in [6, 6.07) is 9.60. The summed E-state index contributed by atoms with van der Waals surface area (Å²) < 4.78 is 14.4. The van der Waals surface area contributed by atoms with Crippen LogP contribution in [0.3, 0.4) is 0 Å². The van der Waals surface area contributed by atoms with E-state index in [1.807, 2.05) is 0 Å². The third-order valence-corrected chi connectivity index (χ3v) is 6.10. The van der Waals surface area contributed by atoms with E-state index in [1.54, 1.807) is 45.0 Å². The second kappa shape index (κ2) is 10.7. The normalized spacial score (nSPS) is 11.9. The third kappa shape index (κ3) is 5.92. The van der Waals surface area contributed by atoms with Crippen LogP contribution in [0.4, 0.5) is 11.4 Å². The number of amides is 3. The first kappa shape index (κ1) is 27.3. The van der Waals surface area contributed by atoms with Gasteiger partial charge in [0, 0.05) is 11.2 Å². The van der Waals surface area contributed by atoms with Gasteiger partial charge in [0.05, 0.1) is 19.9 Å². The number of ether oxygens (including phenoxy) is 2. The molecule has 3 rings (SSSR count). The highest BCUT2D eigenvalue weighted by Crippen LogP contribution is 2.37. The lowest BCUT2D eigenvalue weighted by atomic mass is 9.99. The van der Waals surface area contributed by atoms with Crippen LogP contribution in [0.25, 0.3) is 0 Å². The molecule has 0 fully saturated rings. The monoisotopic (exact) mass is 527 g/mol. The number of carbonyl (C=O) groups is 3. The van der Waals surface area contributed by atoms with Crippen LogP contribution < -0.4 is 31.2 Å². The third-order valence-electron chi connectivity index (χ3n) is 5.25. The van der Waals surface area contributed by atoms with Gasteiger partial charge in [0.1, 0.15) is 16.7 Å². The highest BCUT2D eigenvalue weighted by atomic mass is 32.1. The van der Waals surface area contributed by atoms with Gasteiger partial charge < -0.3 is 31.4 Å². The van der Waals surface area contributed by atoms with E-state index in [2.05, 4.69) is 9.69 Å².